The van der Waals surface area contributed by atoms with E-state index in [1.807, 2.05) is 24.3 Å². The molecule has 7 rings (SSSR count). The molecule has 0 unspecified atom stereocenters. The van der Waals surface area contributed by atoms with E-state index in [1.54, 1.807) is 11.0 Å². The van der Waals surface area contributed by atoms with E-state index in [4.69, 9.17) is 19.2 Å². The van der Waals surface area contributed by atoms with Crippen LogP contribution in [0.3, 0.4) is 0 Å². The van der Waals surface area contributed by atoms with E-state index < -0.39 is 31.8 Å². The van der Waals surface area contributed by atoms with Crippen molar-refractivity contribution in [1.29, 1.82) is 5.26 Å². The number of carboxylic acid groups (broad SMARTS) is 1. The molecule has 3 aromatic carbocycles. The number of nitriles is 1. The first-order chi connectivity index (χ1) is 28.7. The fourth-order valence-corrected chi connectivity index (χ4v) is 15.7. The molecule has 318 valence electrons. The number of amides is 1. The normalized spacial score (nSPS) is 18.0. The molecular formula is C46H56F2N6O5Si. The monoisotopic (exact) mass is 838 g/mol. The molecule has 3 aliphatic rings. The van der Waals surface area contributed by atoms with Gasteiger partial charge < -0.3 is 29.1 Å². The first-order valence-electron chi connectivity index (χ1n) is 21.2. The number of hydrogen-bond acceptors (Lipinski definition) is 9. The van der Waals surface area contributed by atoms with Gasteiger partial charge >= 0.3 is 12.1 Å². The summed E-state index contributed by atoms with van der Waals surface area (Å²) < 4.78 is 52.4. The van der Waals surface area contributed by atoms with Gasteiger partial charge in [0.25, 0.3) is 0 Å². The van der Waals surface area contributed by atoms with Gasteiger partial charge in [0.05, 0.1) is 29.6 Å². The molecule has 14 heteroatoms. The van der Waals surface area contributed by atoms with Crippen molar-refractivity contribution in [3.8, 4) is 40.4 Å². The third-order valence-corrected chi connectivity index (χ3v) is 19.6. The largest absolute Gasteiger partial charge is 0.468 e. The van der Waals surface area contributed by atoms with Crippen LogP contribution in [0, 0.1) is 34.4 Å². The number of piperazine rings is 1. The molecule has 1 amide bonds. The SMILES string of the molecule is COCOc1cc(-c2c(F)cc3c(N4CCN(C(=O)O)[C@@H](CC#N)C4)nc(OCC45CCCN4CCC5)nc3c2F)c2c(C#C[Si](C(C)C)(C(C)C)C(C)C)cccc2c1. The summed E-state index contributed by atoms with van der Waals surface area (Å²) in [4.78, 5) is 27.0. The first-order valence-corrected chi connectivity index (χ1v) is 23.4. The minimum Gasteiger partial charge on any atom is -0.468 e. The summed E-state index contributed by atoms with van der Waals surface area (Å²) >= 11 is 0. The fraction of sp³-hybridized carbons (Fsp3) is 0.522. The Bertz CT molecular complexity index is 2340. The van der Waals surface area contributed by atoms with Crippen molar-refractivity contribution in [3.63, 3.8) is 0 Å². The number of anilines is 1. The number of aromatic nitrogens is 2. The average molecular weight is 839 g/mol. The zero-order valence-corrected chi connectivity index (χ0v) is 36.8. The lowest BCUT2D eigenvalue weighted by atomic mass is 9.93. The van der Waals surface area contributed by atoms with Gasteiger partial charge in [-0.25, -0.2) is 13.6 Å². The lowest BCUT2D eigenvalue weighted by Crippen LogP contribution is -2.55. The number of hydrogen-bond donors (Lipinski definition) is 1. The summed E-state index contributed by atoms with van der Waals surface area (Å²) in [6, 6.07) is 11.7. The molecule has 0 bridgehead atoms. The van der Waals surface area contributed by atoms with Crippen LogP contribution in [0.25, 0.3) is 32.8 Å². The molecule has 3 fully saturated rings. The average Bonchev–Trinajstić information content (AvgIpc) is 3.80. The van der Waals surface area contributed by atoms with Crippen molar-refractivity contribution in [2.75, 3.05) is 58.1 Å². The highest BCUT2D eigenvalue weighted by Crippen LogP contribution is 2.44. The van der Waals surface area contributed by atoms with E-state index in [1.165, 1.54) is 18.1 Å². The summed E-state index contributed by atoms with van der Waals surface area (Å²) in [5.74, 6) is 2.38. The molecule has 0 aliphatic carbocycles. The van der Waals surface area contributed by atoms with Crippen LogP contribution in [0.4, 0.5) is 19.4 Å². The number of benzene rings is 3. The second kappa shape index (κ2) is 17.5. The number of fused-ring (bicyclic) bond motifs is 3. The maximum absolute atomic E-state index is 17.8. The maximum Gasteiger partial charge on any atom is 0.407 e. The highest BCUT2D eigenvalue weighted by molar-refractivity contribution is 6.90. The van der Waals surface area contributed by atoms with Crippen LogP contribution in [0.15, 0.2) is 36.4 Å². The zero-order chi connectivity index (χ0) is 42.9. The highest BCUT2D eigenvalue weighted by Gasteiger charge is 2.45. The molecule has 1 N–H and O–H groups in total. The second-order valence-corrected chi connectivity index (χ2v) is 23.1. The Kier molecular flexibility index (Phi) is 12.6. The van der Waals surface area contributed by atoms with Crippen LogP contribution in [0.1, 0.15) is 79.2 Å². The van der Waals surface area contributed by atoms with Crippen LogP contribution in [-0.2, 0) is 4.74 Å². The number of nitrogens with zero attached hydrogens (tertiary/aromatic N) is 6. The molecule has 3 saturated heterocycles. The third-order valence-electron chi connectivity index (χ3n) is 13.3. The molecule has 3 aliphatic heterocycles. The van der Waals surface area contributed by atoms with Crippen LogP contribution < -0.4 is 14.4 Å². The first kappa shape index (κ1) is 43.1. The summed E-state index contributed by atoms with van der Waals surface area (Å²) in [5.41, 5.74) is 5.24. The topological polar surface area (TPSA) is 124 Å². The number of carbonyl (C=O) groups is 1. The van der Waals surface area contributed by atoms with Gasteiger partial charge in [0.2, 0.25) is 0 Å². The van der Waals surface area contributed by atoms with Gasteiger partial charge in [0.15, 0.2) is 12.6 Å². The van der Waals surface area contributed by atoms with Gasteiger partial charge in [-0.05, 0) is 85.0 Å². The quantitative estimate of drug-likeness (QED) is 0.0839. The Balaban J connectivity index is 1.44. The van der Waals surface area contributed by atoms with E-state index in [2.05, 4.69) is 69.0 Å². The molecule has 4 heterocycles. The van der Waals surface area contributed by atoms with Gasteiger partial charge in [-0.15, -0.1) is 5.54 Å². The zero-order valence-electron chi connectivity index (χ0n) is 35.8. The molecule has 0 saturated carbocycles. The molecule has 11 nitrogen and oxygen atoms in total. The Morgan fingerprint density at radius 3 is 2.37 bits per heavy atom. The van der Waals surface area contributed by atoms with Crippen LogP contribution in [0.2, 0.25) is 16.6 Å². The molecule has 1 atom stereocenters. The standard InChI is InChI=1S/C46H56F2N6O5Si/c1-29(2)60(30(3)4,31(5)6)22-14-32-11-8-12-33-23-35(59-28-57-7)24-36(39(32)33)40-38(47)25-37-42(41(40)48)50-44(58-27-46-15-9-18-53(46)19-10-16-46)51-43(37)52-20-21-54(45(55)56)34(26-52)13-17-49/h8,11-12,23-25,29-31,34H,9-10,13,15-16,18-21,26-28H2,1-7H3,(H,55,56)/t34-/m0/s1. The number of ether oxygens (including phenoxy) is 3. The second-order valence-electron chi connectivity index (χ2n) is 17.5. The van der Waals surface area contributed by atoms with E-state index in [-0.39, 0.29) is 72.2 Å². The van der Waals surface area contributed by atoms with Crippen LogP contribution in [0.5, 0.6) is 11.8 Å². The summed E-state index contributed by atoms with van der Waals surface area (Å²) in [5, 5.41) is 20.9. The van der Waals surface area contributed by atoms with Crippen molar-refractivity contribution in [2.24, 2.45) is 0 Å². The van der Waals surface area contributed by atoms with Crippen LogP contribution >= 0.6 is 0 Å². The van der Waals surface area contributed by atoms with Gasteiger partial charge in [-0.2, -0.15) is 15.2 Å². The minimum atomic E-state index is -2.20. The fourth-order valence-electron chi connectivity index (χ4n) is 10.5. The Morgan fingerprint density at radius 2 is 1.72 bits per heavy atom. The Labute approximate surface area is 352 Å². The van der Waals surface area contributed by atoms with E-state index in [9.17, 15) is 15.2 Å². The van der Waals surface area contributed by atoms with E-state index in [0.29, 0.717) is 45.3 Å². The van der Waals surface area contributed by atoms with Gasteiger partial charge in [-0.1, -0.05) is 59.6 Å². The molecule has 60 heavy (non-hydrogen) atoms. The van der Waals surface area contributed by atoms with Crippen molar-refractivity contribution >= 4 is 41.7 Å². The lowest BCUT2D eigenvalue weighted by Gasteiger charge is -2.40. The maximum atomic E-state index is 17.8. The predicted octanol–water partition coefficient (Wildman–Crippen LogP) is 9.37. The van der Waals surface area contributed by atoms with Crippen molar-refractivity contribution < 1.29 is 32.9 Å². The summed E-state index contributed by atoms with van der Waals surface area (Å²) in [6.45, 7) is 16.0. The summed E-state index contributed by atoms with van der Waals surface area (Å²) in [6.07, 6.45) is 2.86. The molecule has 4 aromatic rings. The molecule has 1 aromatic heterocycles. The number of rotatable bonds is 12. The minimum absolute atomic E-state index is 0.0504. The van der Waals surface area contributed by atoms with Crippen molar-refractivity contribution in [1.82, 2.24) is 19.8 Å². The highest BCUT2D eigenvalue weighted by atomic mass is 28.3. The van der Waals surface area contributed by atoms with Gasteiger partial charge in [0, 0.05) is 48.6 Å². The molecular weight excluding hydrogens is 783 g/mol. The number of methoxy groups -OCH3 is 1. The predicted molar refractivity (Wildman–Crippen MR) is 232 cm³/mol. The summed E-state index contributed by atoms with van der Waals surface area (Å²) in [7, 11) is -0.696. The van der Waals surface area contributed by atoms with Crippen LogP contribution in [-0.4, -0.2) is 104 Å². The van der Waals surface area contributed by atoms with Crippen molar-refractivity contribution in [2.45, 2.75) is 102 Å². The van der Waals surface area contributed by atoms with Gasteiger partial charge in [-0.3, -0.25) is 4.90 Å². The van der Waals surface area contributed by atoms with Gasteiger partial charge in [0.1, 0.15) is 37.6 Å². The third kappa shape index (κ3) is 7.86. The van der Waals surface area contributed by atoms with E-state index >= 15 is 8.78 Å². The van der Waals surface area contributed by atoms with E-state index in [0.717, 1.165) is 38.8 Å². The number of halogens is 2. The Morgan fingerprint density at radius 1 is 1.00 bits per heavy atom. The van der Waals surface area contributed by atoms with Crippen molar-refractivity contribution in [3.05, 3.63) is 53.6 Å². The lowest BCUT2D eigenvalue weighted by molar-refractivity contribution is 0.0512. The smallest absolute Gasteiger partial charge is 0.407 e. The molecule has 0 radical (unpaired) electrons. The molecule has 0 spiro atoms. The Hall–Kier alpha value is -5.02.